The third-order valence-electron chi connectivity index (χ3n) is 27.7. The second-order valence-electron chi connectivity index (χ2n) is 38.6. The lowest BCUT2D eigenvalue weighted by Crippen LogP contribution is -2.43. The Morgan fingerprint density at radius 3 is 0.887 bits per heavy atom. The number of morpholine rings is 5. The third kappa shape index (κ3) is 19.4. The van der Waals surface area contributed by atoms with Crippen molar-refractivity contribution in [2.45, 2.75) is 216 Å². The normalized spacial score (nSPS) is 22.8. The van der Waals surface area contributed by atoms with Gasteiger partial charge in [0.15, 0.2) is 28.2 Å². The van der Waals surface area contributed by atoms with Gasteiger partial charge in [-0.1, -0.05) is 6.92 Å². The number of fused-ring (bicyclic) bond motifs is 15. The minimum absolute atomic E-state index is 0.0157. The molecule has 11 aliphatic heterocycles. The number of hydrogen-bond donors (Lipinski definition) is 8. The number of aromatic nitrogens is 30. The maximum atomic E-state index is 10.3. The van der Waals surface area contributed by atoms with Crippen LogP contribution >= 0.6 is 0 Å². The smallest absolute Gasteiger partial charge is 0.228 e. The molecule has 15 aromatic rings. The number of nitrogens with zero attached hydrogens (tertiary/aromatic N) is 35. The van der Waals surface area contributed by atoms with Gasteiger partial charge in [-0.25, -0.2) is 98.2 Å². The minimum Gasteiger partial charge on any atom is -0.394 e. The van der Waals surface area contributed by atoms with Gasteiger partial charge in [-0.15, -0.1) is 0 Å². The zero-order chi connectivity index (χ0) is 97.1. The van der Waals surface area contributed by atoms with Gasteiger partial charge in [-0.2, -0.15) is 50.4 Å². The van der Waals surface area contributed by atoms with Crippen LogP contribution in [-0.4, -0.2) is 322 Å². The van der Waals surface area contributed by atoms with Crippen molar-refractivity contribution in [2.75, 3.05) is 145 Å². The number of aliphatic hydroxyl groups is 3. The number of nitrogens with two attached hydrogens (primary N) is 5. The number of rotatable bonds is 19. The highest BCUT2D eigenvalue weighted by Gasteiger charge is 2.42. The molecule has 142 heavy (non-hydrogen) atoms. The molecule has 26 rings (SSSR count). The van der Waals surface area contributed by atoms with E-state index >= 15 is 0 Å². The van der Waals surface area contributed by atoms with E-state index in [9.17, 15) is 15.3 Å². The van der Waals surface area contributed by atoms with E-state index in [1.807, 2.05) is 28.7 Å². The van der Waals surface area contributed by atoms with E-state index in [-0.39, 0.29) is 122 Å². The molecule has 11 aliphatic rings. The van der Waals surface area contributed by atoms with Crippen LogP contribution in [0.2, 0.25) is 0 Å². The molecular formula is C93H114N40O9. The van der Waals surface area contributed by atoms with Crippen LogP contribution in [0.4, 0.5) is 59.5 Å². The first-order valence-electron chi connectivity index (χ1n) is 48.7. The number of ether oxygens (including phenoxy) is 6. The topological polar surface area (TPSA) is 609 Å². The Kier molecular flexibility index (Phi) is 25.7. The van der Waals surface area contributed by atoms with Crippen LogP contribution < -0.4 is 53.2 Å². The molecule has 10 bridgehead atoms. The largest absolute Gasteiger partial charge is 0.394 e. The average molecular weight is 1940 g/mol. The van der Waals surface area contributed by atoms with Crippen LogP contribution in [0.5, 0.6) is 0 Å². The summed E-state index contributed by atoms with van der Waals surface area (Å²) >= 11 is 0. The Bertz CT molecular complexity index is 6780. The Morgan fingerprint density at radius 2 is 0.592 bits per heavy atom. The predicted molar refractivity (Wildman–Crippen MR) is 524 cm³/mol. The van der Waals surface area contributed by atoms with Crippen LogP contribution in [0.1, 0.15) is 136 Å². The Labute approximate surface area is 813 Å². The van der Waals surface area contributed by atoms with Gasteiger partial charge in [0.05, 0.1) is 197 Å². The summed E-state index contributed by atoms with van der Waals surface area (Å²) in [6.45, 7) is 19.7. The van der Waals surface area contributed by atoms with Crippen molar-refractivity contribution in [3.8, 4) is 56.3 Å². The lowest BCUT2D eigenvalue weighted by Gasteiger charge is -2.32. The van der Waals surface area contributed by atoms with Gasteiger partial charge < -0.3 is 96.9 Å². The molecule has 49 nitrogen and oxygen atoms in total. The van der Waals surface area contributed by atoms with Crippen LogP contribution in [0.25, 0.3) is 111 Å². The van der Waals surface area contributed by atoms with Crippen LogP contribution in [-0.2, 0) is 41.5 Å². The maximum absolute atomic E-state index is 10.3. The minimum atomic E-state index is -0.924. The van der Waals surface area contributed by atoms with Gasteiger partial charge in [-0.05, 0) is 111 Å². The van der Waals surface area contributed by atoms with Gasteiger partial charge in [0.25, 0.3) is 0 Å². The molecule has 12 atom stereocenters. The number of anilines is 10. The highest BCUT2D eigenvalue weighted by Crippen LogP contribution is 2.42. The Hall–Kier alpha value is -14.2. The molecule has 13 N–H and O–H groups in total. The molecule has 26 heterocycles. The number of aliphatic hydroxyl groups excluding tert-OH is 2. The highest BCUT2D eigenvalue weighted by atomic mass is 16.5. The van der Waals surface area contributed by atoms with Crippen LogP contribution in [0.15, 0.2) is 93.0 Å². The summed E-state index contributed by atoms with van der Waals surface area (Å²) in [6.07, 6.45) is 41.7. The van der Waals surface area contributed by atoms with E-state index in [4.69, 9.17) is 112 Å². The van der Waals surface area contributed by atoms with Gasteiger partial charge in [-0.3, -0.25) is 0 Å². The van der Waals surface area contributed by atoms with Gasteiger partial charge >= 0.3 is 0 Å². The van der Waals surface area contributed by atoms with Crippen LogP contribution in [0.3, 0.4) is 0 Å². The molecular weight excluding hydrogens is 1820 g/mol. The summed E-state index contributed by atoms with van der Waals surface area (Å²) in [5.41, 5.74) is 38.6. The van der Waals surface area contributed by atoms with E-state index in [0.29, 0.717) is 76.9 Å². The second kappa shape index (κ2) is 39.4. The first kappa shape index (κ1) is 92.8. The Balaban J connectivity index is 0.000000102. The zero-order valence-corrected chi connectivity index (χ0v) is 79.5. The maximum Gasteiger partial charge on any atom is 0.228 e. The molecule has 0 amide bonds. The molecule has 0 radical (unpaired) electrons. The molecule has 0 spiro atoms. The summed E-state index contributed by atoms with van der Waals surface area (Å²) < 4.78 is 44.5. The lowest BCUT2D eigenvalue weighted by molar-refractivity contribution is 0.0297. The van der Waals surface area contributed by atoms with Gasteiger partial charge in [0.1, 0.15) is 0 Å². The fourth-order valence-corrected chi connectivity index (χ4v) is 20.5. The zero-order valence-electron chi connectivity index (χ0n) is 79.5. The Morgan fingerprint density at radius 1 is 0.331 bits per heavy atom. The summed E-state index contributed by atoms with van der Waals surface area (Å²) in [6, 6.07) is 0.323. The van der Waals surface area contributed by atoms with Crippen molar-refractivity contribution < 1.29 is 43.7 Å². The summed E-state index contributed by atoms with van der Waals surface area (Å²) in [5, 5.41) is 56.0. The average Bonchev–Trinajstić information content (AvgIpc) is 1.62. The monoisotopic (exact) mass is 1930 g/mol. The second-order valence-corrected chi connectivity index (χ2v) is 38.6. The molecule has 11 fully saturated rings. The van der Waals surface area contributed by atoms with Crippen molar-refractivity contribution in [3.63, 3.8) is 0 Å². The molecule has 15 aromatic heterocycles. The van der Waals surface area contributed by atoms with Gasteiger partial charge in [0.2, 0.25) is 59.5 Å². The molecule has 11 saturated heterocycles. The van der Waals surface area contributed by atoms with Crippen molar-refractivity contribution in [3.05, 3.63) is 93.0 Å². The van der Waals surface area contributed by atoms with Crippen molar-refractivity contribution >= 4 is 115 Å². The SMILES string of the molecule is CC(C)(O)Cn1ncc2c(-c3cnc(N)nc3)nc(N3CC4CCC(C3)O4)nc21.CC(CO)n1ncc2c(-c3cnc(N)nc3)nc(N3CC4CCC(C3)O4)nc21.CCC(C)n1ncc2c(-c3cnc(N)nc3)nc(N3CC4CCC(C3)O4)nc21.Nc1ncc(-c2nc(N3CC4CCC(C3)O4)nc3c2cnn3C2CCOCC2)cn1.Nc1ncc(-c2nc(N3CC4CCC(C3)O4)nc3c2cnn3CCO)cn1. The molecule has 49 heteroatoms. The highest BCUT2D eigenvalue weighted by molar-refractivity contribution is 5.95. The first-order chi connectivity index (χ1) is 69.0. The fourth-order valence-electron chi connectivity index (χ4n) is 20.5. The standard InChI is InChI=1S/C20H24N8O2.C19H24N8O2.C19H24N8O.C18H22N8O2.C17H20N8O2/c21-19-22-7-12(8-23-19)17-16-9-24-28(13-3-5-29-6-4-13)18(16)26-20(25-17)27-10-14-1-2-15(11-27)30-14;1-19(2,28)10-27-16-14(7-23-27)15(11-5-21-17(20)22-6-11)24-18(25-16)26-8-12-3-4-13(9-26)29-12;1-3-11(2)27-17-15(8-23-27)16(12-6-21-18(20)22-7-12)24-19(25-17)26-9-13-4-5-14(10-26)28-13;1-10(9-27)26-16-14(6-22-26)15(11-4-20-17(19)21-5-11)23-18(24-16)25-7-12-2-3-13(8-25)28-12;18-16-19-5-10(6-20-16)14-13-7-21-25(3-4-26)15(13)23-17(22-14)24-8-11-1-2-12(9-24)27-11/h7-9,13-15H,1-6,10-11H2,(H2,21,22,23);5-7,12-13,28H,3-4,8-10H2,1-2H3,(H2,20,21,22);6-8,11,13-14H,3-5,9-10H2,1-2H3,(H2,20,21,22);4-6,10,12-13,27H,2-3,7-9H2,1H3,(H2,19,20,21);5-7,11-12,26H,1-4,8-9H2,(H2,18,19,20). The number of hydrogen-bond acceptors (Lipinski definition) is 44. The first-order valence-corrected chi connectivity index (χ1v) is 48.7. The van der Waals surface area contributed by atoms with E-state index in [0.717, 1.165) is 240 Å². The van der Waals surface area contributed by atoms with E-state index in [1.54, 1.807) is 108 Å². The quantitative estimate of drug-likeness (QED) is 0.0474. The van der Waals surface area contributed by atoms with Crippen molar-refractivity contribution in [1.29, 1.82) is 0 Å². The third-order valence-corrected chi connectivity index (χ3v) is 27.7. The summed E-state index contributed by atoms with van der Waals surface area (Å²) in [5.74, 6) is 4.44. The van der Waals surface area contributed by atoms with E-state index < -0.39 is 5.60 Å². The predicted octanol–water partition coefficient (Wildman–Crippen LogP) is 5.80. The molecule has 0 aromatic carbocycles. The molecule has 0 saturated carbocycles. The molecule has 740 valence electrons. The van der Waals surface area contributed by atoms with E-state index in [2.05, 4.69) is 109 Å². The molecule has 0 aliphatic carbocycles. The van der Waals surface area contributed by atoms with Crippen LogP contribution in [0, 0.1) is 0 Å². The summed E-state index contributed by atoms with van der Waals surface area (Å²) in [4.78, 5) is 101. The summed E-state index contributed by atoms with van der Waals surface area (Å²) in [7, 11) is 0. The lowest BCUT2D eigenvalue weighted by atomic mass is 10.1. The fraction of sp³-hybridized carbons (Fsp3) is 0.516. The molecule has 12 unspecified atom stereocenters. The van der Waals surface area contributed by atoms with Gasteiger partial charge in [0, 0.05) is 168 Å². The number of nitrogen functional groups attached to an aromatic ring is 5. The van der Waals surface area contributed by atoms with E-state index in [1.165, 1.54) is 0 Å². The van der Waals surface area contributed by atoms with Crippen molar-refractivity contribution in [1.82, 2.24) is 149 Å². The van der Waals surface area contributed by atoms with Crippen molar-refractivity contribution in [2.24, 2.45) is 0 Å².